The van der Waals surface area contributed by atoms with E-state index in [0.29, 0.717) is 22.3 Å². The lowest BCUT2D eigenvalue weighted by atomic mass is 10.1. The molecule has 0 N–H and O–H groups in total. The van der Waals surface area contributed by atoms with E-state index in [9.17, 15) is 14.4 Å². The van der Waals surface area contributed by atoms with Gasteiger partial charge in [-0.25, -0.2) is 4.98 Å². The second-order valence-electron chi connectivity index (χ2n) is 7.57. The smallest absolute Gasteiger partial charge is 0.307 e. The van der Waals surface area contributed by atoms with E-state index in [1.807, 2.05) is 12.1 Å². The van der Waals surface area contributed by atoms with Gasteiger partial charge in [0.1, 0.15) is 23.2 Å². The first kappa shape index (κ1) is 21.3. The number of nitrogens with zero attached hydrogens (tertiary/aromatic N) is 3. The van der Waals surface area contributed by atoms with Crippen LogP contribution in [0.5, 0.6) is 5.75 Å². The molecule has 0 spiro atoms. The summed E-state index contributed by atoms with van der Waals surface area (Å²) in [5.41, 5.74) is 1.32. The van der Waals surface area contributed by atoms with Crippen LogP contribution in [0.25, 0.3) is 16.6 Å². The summed E-state index contributed by atoms with van der Waals surface area (Å²) in [7, 11) is 1.58. The fraction of sp³-hybridized carbons (Fsp3) is 0.250. The van der Waals surface area contributed by atoms with Gasteiger partial charge < -0.3 is 9.47 Å². The second-order valence-corrected chi connectivity index (χ2v) is 7.57. The molecule has 2 aromatic carbocycles. The molecule has 32 heavy (non-hydrogen) atoms. The highest BCUT2D eigenvalue weighted by Crippen LogP contribution is 2.33. The van der Waals surface area contributed by atoms with Crippen LogP contribution in [0, 0.1) is 0 Å². The first-order valence-corrected chi connectivity index (χ1v) is 10.2. The molecule has 3 aromatic rings. The number of methoxy groups -OCH3 is 1. The van der Waals surface area contributed by atoms with E-state index < -0.39 is 12.0 Å². The largest absolute Gasteiger partial charge is 0.497 e. The summed E-state index contributed by atoms with van der Waals surface area (Å²) >= 11 is 0. The minimum absolute atomic E-state index is 0.196. The summed E-state index contributed by atoms with van der Waals surface area (Å²) in [4.78, 5) is 44.6. The molecule has 1 aromatic heterocycles. The number of carbonyl (C=O) groups excluding carboxylic acids is 2. The minimum Gasteiger partial charge on any atom is -0.497 e. The van der Waals surface area contributed by atoms with Crippen molar-refractivity contribution in [1.29, 1.82) is 0 Å². The molecule has 0 saturated carbocycles. The summed E-state index contributed by atoms with van der Waals surface area (Å²) in [5.74, 6) is 0.355. The van der Waals surface area contributed by atoms with Crippen LogP contribution in [0.2, 0.25) is 0 Å². The first-order valence-electron chi connectivity index (χ1n) is 10.2. The van der Waals surface area contributed by atoms with Crippen LogP contribution in [-0.2, 0) is 20.9 Å². The van der Waals surface area contributed by atoms with Crippen LogP contribution in [0.3, 0.4) is 0 Å². The van der Waals surface area contributed by atoms with Crippen LogP contribution < -0.4 is 10.3 Å². The van der Waals surface area contributed by atoms with E-state index in [2.05, 4.69) is 0 Å². The van der Waals surface area contributed by atoms with E-state index >= 15 is 0 Å². The summed E-state index contributed by atoms with van der Waals surface area (Å²) < 4.78 is 11.9. The van der Waals surface area contributed by atoms with Gasteiger partial charge in [-0.15, -0.1) is 0 Å². The van der Waals surface area contributed by atoms with Gasteiger partial charge in [0, 0.05) is 6.92 Å². The quantitative estimate of drug-likeness (QED) is 0.463. The van der Waals surface area contributed by atoms with Gasteiger partial charge in [0.05, 0.1) is 24.6 Å². The third kappa shape index (κ3) is 3.64. The van der Waals surface area contributed by atoms with E-state index in [-0.39, 0.29) is 29.6 Å². The third-order valence-electron chi connectivity index (χ3n) is 5.43. The molecule has 1 amide bonds. The molecule has 4 rings (SSSR count). The Kier molecular flexibility index (Phi) is 5.52. The lowest BCUT2D eigenvalue weighted by molar-refractivity contribution is -0.138. The topological polar surface area (TPSA) is 90.7 Å². The zero-order valence-corrected chi connectivity index (χ0v) is 18.3. The number of para-hydroxylation sites is 1. The fourth-order valence-electron chi connectivity index (χ4n) is 3.92. The summed E-state index contributed by atoms with van der Waals surface area (Å²) in [6.07, 6.45) is 0. The van der Waals surface area contributed by atoms with Crippen molar-refractivity contribution in [2.45, 2.75) is 33.4 Å². The van der Waals surface area contributed by atoms with Gasteiger partial charge in [0.2, 0.25) is 5.91 Å². The number of allylic oxidation sites excluding steroid dienone is 1. The average molecular weight is 433 g/mol. The molecule has 8 nitrogen and oxygen atoms in total. The van der Waals surface area contributed by atoms with Gasteiger partial charge in [-0.2, -0.15) is 0 Å². The van der Waals surface area contributed by atoms with Crippen molar-refractivity contribution in [3.8, 4) is 5.75 Å². The van der Waals surface area contributed by atoms with E-state index in [1.165, 1.54) is 16.4 Å². The highest BCUT2D eigenvalue weighted by atomic mass is 16.5. The molecule has 0 bridgehead atoms. The average Bonchev–Trinajstić information content (AvgIpc) is 2.77. The summed E-state index contributed by atoms with van der Waals surface area (Å²) in [5, 5.41) is 0.420. The predicted molar refractivity (Wildman–Crippen MR) is 119 cm³/mol. The molecular formula is C24H23N3O5. The van der Waals surface area contributed by atoms with Crippen LogP contribution in [0.1, 0.15) is 38.2 Å². The molecule has 2 heterocycles. The maximum atomic E-state index is 13.4. The molecule has 1 atom stereocenters. The monoisotopic (exact) mass is 433 g/mol. The second kappa shape index (κ2) is 8.30. The molecule has 0 radical (unpaired) electrons. The Morgan fingerprint density at radius 2 is 1.75 bits per heavy atom. The van der Waals surface area contributed by atoms with Gasteiger partial charge in [0.25, 0.3) is 5.56 Å². The number of carbonyl (C=O) groups is 2. The van der Waals surface area contributed by atoms with E-state index in [0.717, 1.165) is 5.56 Å². The lowest BCUT2D eigenvalue weighted by Crippen LogP contribution is -2.46. The Morgan fingerprint density at radius 3 is 2.41 bits per heavy atom. The van der Waals surface area contributed by atoms with Crippen molar-refractivity contribution in [1.82, 2.24) is 14.5 Å². The zero-order chi connectivity index (χ0) is 23.0. The number of benzene rings is 2. The molecule has 0 saturated heterocycles. The SMILES string of the molecule is COc1ccc(CN2C(=O)[C@H](C)n3c(nc4ccccc4c3=O)/C2=C(/C)OC(C)=O)cc1. The number of aromatic nitrogens is 2. The number of rotatable bonds is 4. The zero-order valence-electron chi connectivity index (χ0n) is 18.3. The van der Waals surface area contributed by atoms with Crippen molar-refractivity contribution in [2.24, 2.45) is 0 Å². The highest BCUT2D eigenvalue weighted by Gasteiger charge is 2.38. The standard InChI is InChI=1S/C24H23N3O5/c1-14-23(29)26(13-17-9-11-18(31-4)12-10-17)21(15(2)32-16(3)28)22-25-20-8-6-5-7-19(20)24(30)27(14)22/h5-12,14H,13H2,1-4H3/b21-15+/t14-/m0/s1. The fourth-order valence-corrected chi connectivity index (χ4v) is 3.92. The van der Waals surface area contributed by atoms with Crippen LogP contribution in [-0.4, -0.2) is 33.4 Å². The normalized spacial score (nSPS) is 17.2. The Balaban J connectivity index is 1.93. The molecule has 1 aliphatic heterocycles. The number of ether oxygens (including phenoxy) is 2. The van der Waals surface area contributed by atoms with E-state index in [1.54, 1.807) is 57.4 Å². The van der Waals surface area contributed by atoms with Crippen molar-refractivity contribution < 1.29 is 19.1 Å². The maximum Gasteiger partial charge on any atom is 0.307 e. The Labute approximate surface area is 184 Å². The van der Waals surface area contributed by atoms with Crippen LogP contribution >= 0.6 is 0 Å². The van der Waals surface area contributed by atoms with Crippen molar-refractivity contribution >= 4 is 28.5 Å². The minimum atomic E-state index is -0.776. The Morgan fingerprint density at radius 1 is 1.06 bits per heavy atom. The molecule has 0 aliphatic carbocycles. The number of hydrogen-bond donors (Lipinski definition) is 0. The predicted octanol–water partition coefficient (Wildman–Crippen LogP) is 3.26. The number of hydrogen-bond acceptors (Lipinski definition) is 6. The molecule has 8 heteroatoms. The molecule has 1 aliphatic rings. The Hall–Kier alpha value is -3.94. The lowest BCUT2D eigenvalue weighted by Gasteiger charge is -2.36. The van der Waals surface area contributed by atoms with Gasteiger partial charge >= 0.3 is 5.97 Å². The van der Waals surface area contributed by atoms with Gasteiger partial charge in [-0.3, -0.25) is 23.9 Å². The summed E-state index contributed by atoms with van der Waals surface area (Å²) in [6, 6.07) is 13.5. The van der Waals surface area contributed by atoms with Crippen molar-refractivity contribution in [2.75, 3.05) is 7.11 Å². The highest BCUT2D eigenvalue weighted by molar-refractivity contribution is 5.93. The molecule has 0 unspecified atom stereocenters. The molecule has 0 fully saturated rings. The molecular weight excluding hydrogens is 410 g/mol. The van der Waals surface area contributed by atoms with E-state index in [4.69, 9.17) is 14.5 Å². The van der Waals surface area contributed by atoms with Gasteiger partial charge in [-0.05, 0) is 43.7 Å². The Bertz CT molecular complexity index is 1310. The third-order valence-corrected chi connectivity index (χ3v) is 5.43. The van der Waals surface area contributed by atoms with Crippen LogP contribution in [0.15, 0.2) is 59.1 Å². The number of amides is 1. The number of fused-ring (bicyclic) bond motifs is 2. The maximum absolute atomic E-state index is 13.4. The summed E-state index contributed by atoms with van der Waals surface area (Å²) in [6.45, 7) is 4.76. The first-order chi connectivity index (χ1) is 15.3. The van der Waals surface area contributed by atoms with Gasteiger partial charge in [-0.1, -0.05) is 24.3 Å². The van der Waals surface area contributed by atoms with Crippen molar-refractivity contribution in [3.63, 3.8) is 0 Å². The van der Waals surface area contributed by atoms with Gasteiger partial charge in [0.15, 0.2) is 5.82 Å². The number of esters is 1. The van der Waals surface area contributed by atoms with Crippen molar-refractivity contribution in [3.05, 3.63) is 76.0 Å². The van der Waals surface area contributed by atoms with Crippen LogP contribution in [0.4, 0.5) is 0 Å². The molecule has 164 valence electrons.